The van der Waals surface area contributed by atoms with Crippen LogP contribution in [0.2, 0.25) is 0 Å². The fourth-order valence-corrected chi connectivity index (χ4v) is 1.62. The van der Waals surface area contributed by atoms with Crippen molar-refractivity contribution in [3.05, 3.63) is 35.9 Å². The summed E-state index contributed by atoms with van der Waals surface area (Å²) in [7, 11) is 0. The fourth-order valence-electron chi connectivity index (χ4n) is 1.62. The highest BCUT2D eigenvalue weighted by Crippen LogP contribution is 2.02. The Morgan fingerprint density at radius 2 is 2.00 bits per heavy atom. The summed E-state index contributed by atoms with van der Waals surface area (Å²) in [4.78, 5) is 11.4. The highest BCUT2D eigenvalue weighted by Gasteiger charge is 2.01. The van der Waals surface area contributed by atoms with Crippen molar-refractivity contribution in [3.8, 4) is 0 Å². The van der Waals surface area contributed by atoms with E-state index in [1.807, 2.05) is 30.3 Å². The lowest BCUT2D eigenvalue weighted by Gasteiger charge is -2.07. The van der Waals surface area contributed by atoms with Crippen molar-refractivity contribution >= 4 is 5.91 Å². The van der Waals surface area contributed by atoms with Crippen molar-refractivity contribution in [1.29, 1.82) is 0 Å². The number of hydrogen-bond acceptors (Lipinski definition) is 2. The van der Waals surface area contributed by atoms with Crippen LogP contribution < -0.4 is 5.32 Å². The van der Waals surface area contributed by atoms with Gasteiger partial charge in [-0.1, -0.05) is 44.2 Å². The Morgan fingerprint density at radius 3 is 2.67 bits per heavy atom. The maximum Gasteiger partial charge on any atom is 0.246 e. The number of amides is 1. The third-order valence-corrected chi connectivity index (χ3v) is 2.63. The van der Waals surface area contributed by atoms with Gasteiger partial charge in [-0.05, 0) is 24.3 Å². The topological polar surface area (TPSA) is 38.3 Å². The van der Waals surface area contributed by atoms with Gasteiger partial charge in [-0.2, -0.15) is 0 Å². The van der Waals surface area contributed by atoms with Gasteiger partial charge in [0.25, 0.3) is 0 Å². The third-order valence-electron chi connectivity index (χ3n) is 2.63. The lowest BCUT2D eigenvalue weighted by molar-refractivity contribution is -0.126. The second-order valence-corrected chi connectivity index (χ2v) is 4.86. The first-order valence-corrected chi connectivity index (χ1v) is 6.57. The molecule has 0 saturated carbocycles. The van der Waals surface area contributed by atoms with Gasteiger partial charge in [-0.3, -0.25) is 4.79 Å². The zero-order valence-corrected chi connectivity index (χ0v) is 11.3. The van der Waals surface area contributed by atoms with Crippen LogP contribution in [0.15, 0.2) is 30.3 Å². The molecule has 0 heterocycles. The second-order valence-electron chi connectivity index (χ2n) is 4.86. The summed E-state index contributed by atoms with van der Waals surface area (Å²) in [6.45, 7) is 5.73. The highest BCUT2D eigenvalue weighted by atomic mass is 16.5. The number of ether oxygens (including phenoxy) is 1. The molecule has 0 radical (unpaired) electrons. The molecule has 1 aromatic carbocycles. The molecule has 1 N–H and O–H groups in total. The molecule has 18 heavy (non-hydrogen) atoms. The van der Waals surface area contributed by atoms with Gasteiger partial charge in [0.1, 0.15) is 6.61 Å². The van der Waals surface area contributed by atoms with Gasteiger partial charge in [0.15, 0.2) is 0 Å². The van der Waals surface area contributed by atoms with E-state index in [-0.39, 0.29) is 12.5 Å². The van der Waals surface area contributed by atoms with E-state index in [2.05, 4.69) is 19.2 Å². The molecule has 1 rings (SSSR count). The van der Waals surface area contributed by atoms with Crippen LogP contribution >= 0.6 is 0 Å². The Hall–Kier alpha value is -1.35. The van der Waals surface area contributed by atoms with Crippen molar-refractivity contribution in [3.63, 3.8) is 0 Å². The Morgan fingerprint density at radius 1 is 1.28 bits per heavy atom. The quantitative estimate of drug-likeness (QED) is 0.719. The van der Waals surface area contributed by atoms with Crippen molar-refractivity contribution in [2.24, 2.45) is 5.92 Å². The van der Waals surface area contributed by atoms with Crippen molar-refractivity contribution < 1.29 is 9.53 Å². The van der Waals surface area contributed by atoms with Crippen LogP contribution in [0, 0.1) is 5.92 Å². The van der Waals surface area contributed by atoms with E-state index < -0.39 is 0 Å². The van der Waals surface area contributed by atoms with E-state index in [0.29, 0.717) is 12.5 Å². The van der Waals surface area contributed by atoms with E-state index in [9.17, 15) is 4.79 Å². The Bertz CT molecular complexity index is 336. The van der Waals surface area contributed by atoms with Crippen LogP contribution in [0.25, 0.3) is 0 Å². The van der Waals surface area contributed by atoms with E-state index >= 15 is 0 Å². The van der Waals surface area contributed by atoms with Crippen LogP contribution in [0.5, 0.6) is 0 Å². The molecule has 3 heteroatoms. The van der Waals surface area contributed by atoms with Gasteiger partial charge >= 0.3 is 0 Å². The minimum absolute atomic E-state index is 0.0327. The van der Waals surface area contributed by atoms with Gasteiger partial charge in [0.05, 0.1) is 6.61 Å². The van der Waals surface area contributed by atoms with Crippen molar-refractivity contribution in [1.82, 2.24) is 5.32 Å². The van der Waals surface area contributed by atoms with Crippen molar-refractivity contribution in [2.45, 2.75) is 33.3 Å². The molecule has 100 valence electrons. The number of nitrogens with one attached hydrogen (secondary N) is 1. The molecule has 0 aliphatic carbocycles. The molecule has 0 aliphatic heterocycles. The van der Waals surface area contributed by atoms with Gasteiger partial charge in [0, 0.05) is 6.54 Å². The first kappa shape index (κ1) is 14.7. The van der Waals surface area contributed by atoms with Gasteiger partial charge < -0.3 is 10.1 Å². The van der Waals surface area contributed by atoms with Crippen LogP contribution in [-0.4, -0.2) is 19.1 Å². The Labute approximate surface area is 110 Å². The van der Waals surface area contributed by atoms with Gasteiger partial charge in [-0.15, -0.1) is 0 Å². The molecule has 0 aromatic heterocycles. The standard InChI is InChI=1S/C15H23NO2/c1-13(2)7-6-10-16-15(17)12-18-11-14-8-4-3-5-9-14/h3-5,8-9,13H,6-7,10-12H2,1-2H3,(H,16,17). The summed E-state index contributed by atoms with van der Waals surface area (Å²) in [5.41, 5.74) is 1.09. The normalized spacial score (nSPS) is 10.6. The lowest BCUT2D eigenvalue weighted by Crippen LogP contribution is -2.28. The monoisotopic (exact) mass is 249 g/mol. The maximum atomic E-state index is 11.4. The minimum Gasteiger partial charge on any atom is -0.367 e. The number of hydrogen-bond donors (Lipinski definition) is 1. The summed E-state index contributed by atoms with van der Waals surface area (Å²) in [5, 5.41) is 2.86. The van der Waals surface area contributed by atoms with E-state index in [4.69, 9.17) is 4.74 Å². The maximum absolute atomic E-state index is 11.4. The molecule has 0 spiro atoms. The van der Waals surface area contributed by atoms with Gasteiger partial charge in [-0.25, -0.2) is 0 Å². The molecule has 0 atom stereocenters. The fraction of sp³-hybridized carbons (Fsp3) is 0.533. The zero-order chi connectivity index (χ0) is 13.2. The number of carbonyl (C=O) groups excluding carboxylic acids is 1. The second kappa shape index (κ2) is 8.70. The molecule has 1 amide bonds. The molecule has 0 saturated heterocycles. The van der Waals surface area contributed by atoms with Crippen LogP contribution in [0.1, 0.15) is 32.3 Å². The van der Waals surface area contributed by atoms with Crippen molar-refractivity contribution in [2.75, 3.05) is 13.2 Å². The average molecular weight is 249 g/mol. The minimum atomic E-state index is -0.0327. The SMILES string of the molecule is CC(C)CCCNC(=O)COCc1ccccc1. The van der Waals surface area contributed by atoms with E-state index in [0.717, 1.165) is 24.9 Å². The summed E-state index contributed by atoms with van der Waals surface area (Å²) in [5.74, 6) is 0.658. The van der Waals surface area contributed by atoms with Gasteiger partial charge in [0.2, 0.25) is 5.91 Å². The Kier molecular flexibility index (Phi) is 7.11. The summed E-state index contributed by atoms with van der Waals surface area (Å²) in [6, 6.07) is 9.86. The first-order valence-electron chi connectivity index (χ1n) is 6.57. The third kappa shape index (κ3) is 7.07. The molecule has 0 unspecified atom stereocenters. The average Bonchev–Trinajstić information content (AvgIpc) is 2.36. The molecular weight excluding hydrogens is 226 g/mol. The first-order chi connectivity index (χ1) is 8.68. The predicted molar refractivity (Wildman–Crippen MR) is 73.2 cm³/mol. The zero-order valence-electron chi connectivity index (χ0n) is 11.3. The molecule has 0 bridgehead atoms. The lowest BCUT2D eigenvalue weighted by atomic mass is 10.1. The Balaban J connectivity index is 2.03. The molecule has 3 nitrogen and oxygen atoms in total. The summed E-state index contributed by atoms with van der Waals surface area (Å²) >= 11 is 0. The largest absolute Gasteiger partial charge is 0.367 e. The molecule has 1 aromatic rings. The van der Waals surface area contributed by atoms with Crippen LogP contribution in [-0.2, 0) is 16.1 Å². The molecule has 0 fully saturated rings. The number of rotatable bonds is 8. The highest BCUT2D eigenvalue weighted by molar-refractivity contribution is 5.77. The number of carbonyl (C=O) groups is 1. The van der Waals surface area contributed by atoms with Crippen LogP contribution in [0.4, 0.5) is 0 Å². The smallest absolute Gasteiger partial charge is 0.246 e. The summed E-state index contributed by atoms with van der Waals surface area (Å²) < 4.78 is 5.35. The predicted octanol–water partition coefficient (Wildman–Crippen LogP) is 2.76. The van der Waals surface area contributed by atoms with E-state index in [1.165, 1.54) is 0 Å². The van der Waals surface area contributed by atoms with E-state index in [1.54, 1.807) is 0 Å². The number of benzene rings is 1. The molecule has 0 aliphatic rings. The van der Waals surface area contributed by atoms with Crippen LogP contribution in [0.3, 0.4) is 0 Å². The summed E-state index contributed by atoms with van der Waals surface area (Å²) in [6.07, 6.45) is 2.17. The molecular formula is C15H23NO2.